The zero-order valence-electron chi connectivity index (χ0n) is 13.1. The van der Waals surface area contributed by atoms with E-state index in [9.17, 15) is 9.59 Å². The minimum atomic E-state index is -0.430. The molecule has 0 aromatic heterocycles. The van der Waals surface area contributed by atoms with Gasteiger partial charge in [-0.3, -0.25) is 9.59 Å². The Kier molecular flexibility index (Phi) is 5.19. The van der Waals surface area contributed by atoms with Crippen LogP contribution in [0, 0.1) is 0 Å². The van der Waals surface area contributed by atoms with E-state index < -0.39 is 5.91 Å². The number of rotatable bonds is 6. The quantitative estimate of drug-likeness (QED) is 0.830. The highest BCUT2D eigenvalue weighted by Crippen LogP contribution is 2.31. The van der Waals surface area contributed by atoms with Crippen molar-refractivity contribution in [1.29, 1.82) is 0 Å². The maximum Gasteiger partial charge on any atom is 0.263 e. The summed E-state index contributed by atoms with van der Waals surface area (Å²) in [7, 11) is 4.42. The van der Waals surface area contributed by atoms with E-state index in [4.69, 9.17) is 14.2 Å². The summed E-state index contributed by atoms with van der Waals surface area (Å²) < 4.78 is 15.6. The highest BCUT2D eigenvalue weighted by Gasteiger charge is 2.19. The summed E-state index contributed by atoms with van der Waals surface area (Å²) in [5.74, 6) is 0.776. The van der Waals surface area contributed by atoms with Crippen molar-refractivity contribution >= 4 is 17.9 Å². The van der Waals surface area contributed by atoms with E-state index in [1.54, 1.807) is 30.3 Å². The van der Waals surface area contributed by atoms with Gasteiger partial charge in [0.15, 0.2) is 0 Å². The minimum absolute atomic E-state index is 0.260. The molecule has 0 fully saturated rings. The third-order valence-electron chi connectivity index (χ3n) is 3.26. The smallest absolute Gasteiger partial charge is 0.263 e. The molecule has 2 rings (SSSR count). The molecule has 0 bridgehead atoms. The summed E-state index contributed by atoms with van der Waals surface area (Å²) in [6.07, 6.45) is 0.693. The van der Waals surface area contributed by atoms with Crippen molar-refractivity contribution < 1.29 is 23.8 Å². The number of carbonyl (C=O) groups is 2. The van der Waals surface area contributed by atoms with Gasteiger partial charge in [0.1, 0.15) is 29.1 Å². The summed E-state index contributed by atoms with van der Waals surface area (Å²) in [5.41, 5.74) is 1.07. The van der Waals surface area contributed by atoms with Gasteiger partial charge in [-0.1, -0.05) is 6.07 Å². The van der Waals surface area contributed by atoms with Crippen LogP contribution in [0.1, 0.15) is 20.7 Å². The first-order valence-electron chi connectivity index (χ1n) is 6.80. The molecule has 23 heavy (non-hydrogen) atoms. The number of carbonyl (C=O) groups excluding carboxylic acids is 2. The molecule has 0 aliphatic heterocycles. The summed E-state index contributed by atoms with van der Waals surface area (Å²) >= 11 is 0. The lowest BCUT2D eigenvalue weighted by atomic mass is 10.1. The van der Waals surface area contributed by atoms with Gasteiger partial charge < -0.3 is 19.5 Å². The molecule has 0 aliphatic carbocycles. The molecule has 0 unspecified atom stereocenters. The summed E-state index contributed by atoms with van der Waals surface area (Å²) in [4.78, 5) is 23.5. The maximum absolute atomic E-state index is 12.6. The first-order chi connectivity index (χ1) is 11.1. The van der Waals surface area contributed by atoms with Crippen LogP contribution in [0.3, 0.4) is 0 Å². The number of anilines is 1. The summed E-state index contributed by atoms with van der Waals surface area (Å²) in [6.45, 7) is 0. The lowest BCUT2D eigenvalue weighted by Gasteiger charge is -2.14. The predicted octanol–water partition coefficient (Wildman–Crippen LogP) is 2.78. The second-order valence-corrected chi connectivity index (χ2v) is 4.57. The fourth-order valence-corrected chi connectivity index (χ4v) is 2.16. The summed E-state index contributed by atoms with van der Waals surface area (Å²) in [6, 6.07) is 9.80. The van der Waals surface area contributed by atoms with Crippen molar-refractivity contribution in [2.24, 2.45) is 0 Å². The molecule has 0 heterocycles. The van der Waals surface area contributed by atoms with Crippen LogP contribution >= 0.6 is 0 Å². The molecule has 0 saturated heterocycles. The number of hydrogen-bond donors (Lipinski definition) is 1. The number of amides is 1. The van der Waals surface area contributed by atoms with Crippen LogP contribution in [0.5, 0.6) is 17.2 Å². The van der Waals surface area contributed by atoms with Crippen LogP contribution in [0.2, 0.25) is 0 Å². The number of aldehydes is 1. The Hall–Kier alpha value is -3.02. The Bertz CT molecular complexity index is 705. The van der Waals surface area contributed by atoms with Crippen molar-refractivity contribution in [1.82, 2.24) is 0 Å². The zero-order chi connectivity index (χ0) is 16.8. The van der Waals surface area contributed by atoms with Crippen LogP contribution in [0.4, 0.5) is 5.69 Å². The maximum atomic E-state index is 12.6. The molecule has 1 amide bonds. The van der Waals surface area contributed by atoms with E-state index in [-0.39, 0.29) is 5.56 Å². The van der Waals surface area contributed by atoms with Crippen LogP contribution < -0.4 is 19.5 Å². The molecule has 2 aromatic carbocycles. The molecule has 2 aromatic rings. The first-order valence-corrected chi connectivity index (χ1v) is 6.80. The van der Waals surface area contributed by atoms with Crippen LogP contribution in [-0.4, -0.2) is 33.5 Å². The summed E-state index contributed by atoms with van der Waals surface area (Å²) in [5, 5.41) is 2.72. The second kappa shape index (κ2) is 7.31. The third kappa shape index (κ3) is 3.42. The molecule has 6 heteroatoms. The van der Waals surface area contributed by atoms with Gasteiger partial charge in [0.05, 0.1) is 27.0 Å². The van der Waals surface area contributed by atoms with Crippen molar-refractivity contribution in [3.63, 3.8) is 0 Å². The lowest BCUT2D eigenvalue weighted by molar-refractivity contribution is 0.101. The Balaban J connectivity index is 2.42. The molecule has 0 aliphatic rings. The molecule has 6 nitrogen and oxygen atoms in total. The van der Waals surface area contributed by atoms with Gasteiger partial charge >= 0.3 is 0 Å². The van der Waals surface area contributed by atoms with Gasteiger partial charge in [0.25, 0.3) is 5.91 Å². The number of benzene rings is 2. The minimum Gasteiger partial charge on any atom is -0.496 e. The highest BCUT2D eigenvalue weighted by atomic mass is 16.5. The van der Waals surface area contributed by atoms with Gasteiger partial charge in [-0.2, -0.15) is 0 Å². The fraction of sp³-hybridized carbons (Fsp3) is 0.176. The zero-order valence-corrected chi connectivity index (χ0v) is 13.1. The number of ether oxygens (including phenoxy) is 3. The predicted molar refractivity (Wildman–Crippen MR) is 85.9 cm³/mol. The number of hydrogen-bond acceptors (Lipinski definition) is 5. The van der Waals surface area contributed by atoms with E-state index in [1.165, 1.54) is 27.4 Å². The number of nitrogens with one attached hydrogen (secondary N) is 1. The molecule has 0 atom stereocenters. The third-order valence-corrected chi connectivity index (χ3v) is 3.26. The second-order valence-electron chi connectivity index (χ2n) is 4.57. The van der Waals surface area contributed by atoms with E-state index in [1.807, 2.05) is 0 Å². The van der Waals surface area contributed by atoms with E-state index in [2.05, 4.69) is 5.32 Å². The normalized spacial score (nSPS) is 9.87. The largest absolute Gasteiger partial charge is 0.496 e. The van der Waals surface area contributed by atoms with E-state index in [0.717, 1.165) is 0 Å². The monoisotopic (exact) mass is 315 g/mol. The molecule has 0 radical (unpaired) electrons. The molecular formula is C17H17NO5. The first kappa shape index (κ1) is 16.4. The SMILES string of the molecule is COc1ccc(C=O)cc1NC(=O)c1c(OC)cccc1OC. The Morgan fingerprint density at radius 3 is 2.09 bits per heavy atom. The standard InChI is InChI=1S/C17H17NO5/c1-21-13-8-7-11(10-19)9-12(13)18-17(20)16-14(22-2)5-4-6-15(16)23-3/h4-10H,1-3H3,(H,18,20). The molecule has 0 spiro atoms. The van der Waals surface area contributed by atoms with Gasteiger partial charge in [0.2, 0.25) is 0 Å². The van der Waals surface area contributed by atoms with Crippen molar-refractivity contribution in [3.8, 4) is 17.2 Å². The fourth-order valence-electron chi connectivity index (χ4n) is 2.16. The van der Waals surface area contributed by atoms with Crippen LogP contribution in [0.25, 0.3) is 0 Å². The van der Waals surface area contributed by atoms with Gasteiger partial charge in [-0.15, -0.1) is 0 Å². The molecule has 1 N–H and O–H groups in total. The lowest BCUT2D eigenvalue weighted by Crippen LogP contribution is -2.15. The van der Waals surface area contributed by atoms with Gasteiger partial charge in [0, 0.05) is 5.56 Å². The van der Waals surface area contributed by atoms with Crippen molar-refractivity contribution in [3.05, 3.63) is 47.5 Å². The van der Waals surface area contributed by atoms with Gasteiger partial charge in [-0.25, -0.2) is 0 Å². The molecule has 0 saturated carbocycles. The topological polar surface area (TPSA) is 73.9 Å². The number of methoxy groups -OCH3 is 3. The molecular weight excluding hydrogens is 298 g/mol. The van der Waals surface area contributed by atoms with Crippen LogP contribution in [0.15, 0.2) is 36.4 Å². The highest BCUT2D eigenvalue weighted by molar-refractivity contribution is 6.09. The average molecular weight is 315 g/mol. The van der Waals surface area contributed by atoms with E-state index >= 15 is 0 Å². The van der Waals surface area contributed by atoms with Crippen LogP contribution in [-0.2, 0) is 0 Å². The average Bonchev–Trinajstić information content (AvgIpc) is 2.60. The van der Waals surface area contributed by atoms with Gasteiger partial charge in [-0.05, 0) is 30.3 Å². The Labute approximate surface area is 134 Å². The Morgan fingerprint density at radius 2 is 1.57 bits per heavy atom. The Morgan fingerprint density at radius 1 is 0.957 bits per heavy atom. The van der Waals surface area contributed by atoms with E-state index in [0.29, 0.717) is 34.8 Å². The van der Waals surface area contributed by atoms with Crippen molar-refractivity contribution in [2.45, 2.75) is 0 Å². The van der Waals surface area contributed by atoms with Crippen molar-refractivity contribution in [2.75, 3.05) is 26.6 Å². The molecule has 120 valence electrons.